The zero-order chi connectivity index (χ0) is 22.0. The Morgan fingerprint density at radius 3 is 2.30 bits per heavy atom. The third-order valence-electron chi connectivity index (χ3n) is 5.97. The van der Waals surface area contributed by atoms with Crippen molar-refractivity contribution in [3.8, 4) is 0 Å². The Morgan fingerprint density at radius 2 is 1.70 bits per heavy atom. The molecule has 0 fully saturated rings. The number of aromatic carboxylic acids is 1. The lowest BCUT2D eigenvalue weighted by molar-refractivity contribution is -0.255. The SMILES string of the molecule is Cn1c2c(c(=O)n(C)c1=O)[C@@H](c1ccc(C(=O)[O-])cc1)[C@@H]1C(=O)CC(C)(C)C=C1N2. The second-order valence-electron chi connectivity index (χ2n) is 8.69. The summed E-state index contributed by atoms with van der Waals surface area (Å²) >= 11 is 0. The van der Waals surface area contributed by atoms with E-state index in [4.69, 9.17) is 0 Å². The lowest BCUT2D eigenvalue weighted by Gasteiger charge is -2.41. The Hall–Kier alpha value is -3.42. The Labute approximate surface area is 172 Å². The smallest absolute Gasteiger partial charge is 0.332 e. The average molecular weight is 408 g/mol. The maximum atomic E-state index is 13.2. The number of nitrogens with one attached hydrogen (secondary N) is 1. The van der Waals surface area contributed by atoms with E-state index in [2.05, 4.69) is 5.32 Å². The highest BCUT2D eigenvalue weighted by Crippen LogP contribution is 2.47. The number of allylic oxidation sites excluding steroid dienone is 2. The van der Waals surface area contributed by atoms with Gasteiger partial charge in [-0.15, -0.1) is 0 Å². The van der Waals surface area contributed by atoms with Crippen molar-refractivity contribution in [1.29, 1.82) is 0 Å². The van der Waals surface area contributed by atoms with Crippen molar-refractivity contribution in [3.63, 3.8) is 0 Å². The fraction of sp³-hybridized carbons (Fsp3) is 0.364. The van der Waals surface area contributed by atoms with Crippen LogP contribution in [0.3, 0.4) is 0 Å². The van der Waals surface area contributed by atoms with Crippen LogP contribution in [0.15, 0.2) is 45.6 Å². The predicted octanol–water partition coefficient (Wildman–Crippen LogP) is 0.504. The fourth-order valence-electron chi connectivity index (χ4n) is 4.56. The molecule has 156 valence electrons. The first-order valence-electron chi connectivity index (χ1n) is 9.65. The van der Waals surface area contributed by atoms with Gasteiger partial charge >= 0.3 is 5.69 Å². The summed E-state index contributed by atoms with van der Waals surface area (Å²) < 4.78 is 2.39. The van der Waals surface area contributed by atoms with Gasteiger partial charge in [0.15, 0.2) is 0 Å². The topological polar surface area (TPSA) is 113 Å². The number of benzene rings is 1. The molecule has 2 atom stereocenters. The van der Waals surface area contributed by atoms with Gasteiger partial charge in [-0.1, -0.05) is 44.2 Å². The number of carboxylic acids is 1. The average Bonchev–Trinajstić information content (AvgIpc) is 2.68. The minimum atomic E-state index is -1.30. The summed E-state index contributed by atoms with van der Waals surface area (Å²) in [4.78, 5) is 50.0. The number of anilines is 1. The second-order valence-corrected chi connectivity index (χ2v) is 8.69. The molecule has 4 rings (SSSR count). The molecule has 8 heteroatoms. The monoisotopic (exact) mass is 408 g/mol. The molecule has 2 aromatic rings. The van der Waals surface area contributed by atoms with Crippen LogP contribution in [0.2, 0.25) is 0 Å². The summed E-state index contributed by atoms with van der Waals surface area (Å²) in [6, 6.07) is 6.00. The van der Waals surface area contributed by atoms with Crippen molar-refractivity contribution < 1.29 is 14.7 Å². The summed E-state index contributed by atoms with van der Waals surface area (Å²) in [5.74, 6) is -2.23. The van der Waals surface area contributed by atoms with E-state index in [-0.39, 0.29) is 16.8 Å². The number of carbonyl (C=O) groups is 2. The Morgan fingerprint density at radius 1 is 1.07 bits per heavy atom. The molecule has 0 saturated carbocycles. The molecule has 2 aliphatic rings. The highest BCUT2D eigenvalue weighted by atomic mass is 16.4. The summed E-state index contributed by atoms with van der Waals surface area (Å²) in [5, 5.41) is 14.3. The van der Waals surface area contributed by atoms with E-state index in [9.17, 15) is 24.3 Å². The molecular formula is C22H22N3O5-. The van der Waals surface area contributed by atoms with Crippen LogP contribution < -0.4 is 21.7 Å². The van der Waals surface area contributed by atoms with Gasteiger partial charge in [0.1, 0.15) is 11.6 Å². The zero-order valence-electron chi connectivity index (χ0n) is 17.2. The van der Waals surface area contributed by atoms with Gasteiger partial charge in [0, 0.05) is 32.1 Å². The minimum Gasteiger partial charge on any atom is -0.545 e. The van der Waals surface area contributed by atoms with Crippen LogP contribution in [0.5, 0.6) is 0 Å². The number of nitrogens with zero attached hydrogens (tertiary/aromatic N) is 2. The van der Waals surface area contributed by atoms with E-state index in [0.29, 0.717) is 29.1 Å². The largest absolute Gasteiger partial charge is 0.545 e. The van der Waals surface area contributed by atoms with E-state index < -0.39 is 29.1 Å². The standard InChI is InChI=1S/C22H23N3O5/c1-22(2)9-13-16(14(26)10-22)15(11-5-7-12(8-6-11)20(28)29)17-18(23-13)24(3)21(30)25(4)19(17)27/h5-9,15-16,23H,10H2,1-4H3,(H,28,29)/p-1/t15-,16-/m0/s1. The molecule has 2 heterocycles. The number of hydrogen-bond donors (Lipinski definition) is 1. The molecule has 0 bridgehead atoms. The summed E-state index contributed by atoms with van der Waals surface area (Å²) in [7, 11) is 2.97. The van der Waals surface area contributed by atoms with Crippen molar-refractivity contribution in [2.45, 2.75) is 26.2 Å². The van der Waals surface area contributed by atoms with Crippen molar-refractivity contribution in [2.24, 2.45) is 25.4 Å². The number of aromatic nitrogens is 2. The molecule has 30 heavy (non-hydrogen) atoms. The van der Waals surface area contributed by atoms with Gasteiger partial charge in [0.25, 0.3) is 5.56 Å². The molecule has 0 radical (unpaired) electrons. The van der Waals surface area contributed by atoms with E-state index in [0.717, 1.165) is 4.57 Å². The molecule has 1 aromatic heterocycles. The van der Waals surface area contributed by atoms with Crippen molar-refractivity contribution >= 4 is 17.6 Å². The summed E-state index contributed by atoms with van der Waals surface area (Å²) in [6.07, 6.45) is 2.30. The molecule has 1 aliphatic heterocycles. The molecule has 1 N–H and O–H groups in total. The maximum absolute atomic E-state index is 13.2. The lowest BCUT2D eigenvalue weighted by Crippen LogP contribution is -2.47. The number of fused-ring (bicyclic) bond motifs is 2. The Balaban J connectivity index is 2.04. The molecule has 0 unspecified atom stereocenters. The highest BCUT2D eigenvalue weighted by molar-refractivity contribution is 5.90. The number of Topliss-reactive ketones (excluding diaryl/α,β-unsaturated/α-hetero) is 1. The van der Waals surface area contributed by atoms with Crippen LogP contribution in [-0.2, 0) is 18.9 Å². The molecule has 0 saturated heterocycles. The minimum absolute atomic E-state index is 0.00754. The Bertz CT molecular complexity index is 1230. The molecule has 1 aromatic carbocycles. The van der Waals surface area contributed by atoms with Crippen molar-refractivity contribution in [1.82, 2.24) is 9.13 Å². The third-order valence-corrected chi connectivity index (χ3v) is 5.97. The quantitative estimate of drug-likeness (QED) is 0.774. The summed E-state index contributed by atoms with van der Waals surface area (Å²) in [6.45, 7) is 3.91. The van der Waals surface area contributed by atoms with Crippen molar-refractivity contribution in [3.05, 3.63) is 73.6 Å². The van der Waals surface area contributed by atoms with Gasteiger partial charge < -0.3 is 15.2 Å². The van der Waals surface area contributed by atoms with Gasteiger partial charge in [-0.05, 0) is 16.5 Å². The molecule has 0 amide bonds. The zero-order valence-corrected chi connectivity index (χ0v) is 17.2. The maximum Gasteiger partial charge on any atom is 0.332 e. The first kappa shape index (κ1) is 19.9. The van der Waals surface area contributed by atoms with Crippen molar-refractivity contribution in [2.75, 3.05) is 5.32 Å². The fourth-order valence-corrected chi connectivity index (χ4v) is 4.56. The van der Waals surface area contributed by atoms with E-state index in [1.807, 2.05) is 19.9 Å². The molecular weight excluding hydrogens is 386 g/mol. The van der Waals surface area contributed by atoms with Crippen LogP contribution in [0, 0.1) is 11.3 Å². The number of hydrogen-bond acceptors (Lipinski definition) is 6. The number of carboxylic acid groups (broad SMARTS) is 1. The Kier molecular flexibility index (Phi) is 4.34. The normalized spacial score (nSPS) is 21.9. The number of carbonyl (C=O) groups excluding carboxylic acids is 2. The third kappa shape index (κ3) is 2.91. The van der Waals surface area contributed by atoms with Gasteiger partial charge in [-0.25, -0.2) is 4.79 Å². The lowest BCUT2D eigenvalue weighted by atomic mass is 9.67. The predicted molar refractivity (Wildman–Crippen MR) is 108 cm³/mol. The molecule has 0 spiro atoms. The number of rotatable bonds is 2. The van der Waals surface area contributed by atoms with E-state index in [1.165, 1.54) is 23.7 Å². The first-order chi connectivity index (χ1) is 14.0. The van der Waals surface area contributed by atoms with E-state index >= 15 is 0 Å². The number of ketones is 1. The molecule has 1 aliphatic carbocycles. The van der Waals surface area contributed by atoms with E-state index in [1.54, 1.807) is 19.2 Å². The molecule has 8 nitrogen and oxygen atoms in total. The van der Waals surface area contributed by atoms with Gasteiger partial charge in [-0.2, -0.15) is 0 Å². The first-order valence-corrected chi connectivity index (χ1v) is 9.65. The van der Waals surface area contributed by atoms with Crippen LogP contribution in [0.1, 0.15) is 47.7 Å². The van der Waals surface area contributed by atoms with Gasteiger partial charge in [0.2, 0.25) is 0 Å². The highest BCUT2D eigenvalue weighted by Gasteiger charge is 2.45. The van der Waals surface area contributed by atoms with Crippen LogP contribution in [0.25, 0.3) is 0 Å². The van der Waals surface area contributed by atoms with Crippen LogP contribution in [0.4, 0.5) is 5.82 Å². The summed E-state index contributed by atoms with van der Waals surface area (Å²) in [5.41, 5.74) is 0.284. The van der Waals surface area contributed by atoms with Crippen LogP contribution in [-0.4, -0.2) is 20.9 Å². The van der Waals surface area contributed by atoms with Gasteiger partial charge in [-0.3, -0.25) is 18.7 Å². The van der Waals surface area contributed by atoms with Gasteiger partial charge in [0.05, 0.1) is 17.5 Å². The van der Waals surface area contributed by atoms with Crippen LogP contribution >= 0.6 is 0 Å². The second kappa shape index (κ2) is 6.55.